The maximum absolute atomic E-state index is 15.6. The first-order valence-corrected chi connectivity index (χ1v) is 12.8. The van der Waals surface area contributed by atoms with Gasteiger partial charge in [0.2, 0.25) is 10.0 Å². The summed E-state index contributed by atoms with van der Waals surface area (Å²) in [6.07, 6.45) is 2.12. The molecule has 2 aromatic carbocycles. The van der Waals surface area contributed by atoms with E-state index in [1.807, 2.05) is 0 Å². The quantitative estimate of drug-likeness (QED) is 0.669. The minimum Gasteiger partial charge on any atom is -0.381 e. The number of amides is 1. The van der Waals surface area contributed by atoms with Crippen LogP contribution in [0.25, 0.3) is 11.1 Å². The molecule has 0 aromatic heterocycles. The second-order valence-corrected chi connectivity index (χ2v) is 11.4. The highest BCUT2D eigenvalue weighted by Crippen LogP contribution is 2.45. The monoisotopic (exact) mass is 478 g/mol. The molecule has 9 heteroatoms. The summed E-state index contributed by atoms with van der Waals surface area (Å²) in [6.45, 7) is 2.73. The number of nitrogens with one attached hydrogen (secondary N) is 1. The van der Waals surface area contributed by atoms with Crippen LogP contribution in [0.3, 0.4) is 0 Å². The maximum atomic E-state index is 15.6. The third kappa shape index (κ3) is 4.81. The van der Waals surface area contributed by atoms with Gasteiger partial charge in [0.1, 0.15) is 17.2 Å². The van der Waals surface area contributed by atoms with Crippen LogP contribution in [-0.2, 0) is 21.2 Å². The van der Waals surface area contributed by atoms with E-state index in [4.69, 9.17) is 0 Å². The molecule has 0 spiro atoms. The first-order valence-electron chi connectivity index (χ1n) is 10.9. The second-order valence-electron chi connectivity index (χ2n) is 9.64. The number of fused-ring (bicyclic) bond motifs is 2. The van der Waals surface area contributed by atoms with Crippen LogP contribution < -0.4 is 4.72 Å². The van der Waals surface area contributed by atoms with Crippen molar-refractivity contribution in [3.63, 3.8) is 0 Å². The lowest BCUT2D eigenvalue weighted by molar-refractivity contribution is -0.166. The molecule has 2 bridgehead atoms. The van der Waals surface area contributed by atoms with E-state index in [-0.39, 0.29) is 29.5 Å². The number of carbonyl (C=O) groups is 1. The number of halogens is 2. The minimum atomic E-state index is -3.63. The highest BCUT2D eigenvalue weighted by atomic mass is 32.2. The molecule has 3 aliphatic rings. The summed E-state index contributed by atoms with van der Waals surface area (Å²) in [7, 11) is -3.63. The van der Waals surface area contributed by atoms with E-state index < -0.39 is 45.2 Å². The van der Waals surface area contributed by atoms with Crippen LogP contribution in [0.15, 0.2) is 42.5 Å². The fourth-order valence-electron chi connectivity index (χ4n) is 5.04. The van der Waals surface area contributed by atoms with Crippen molar-refractivity contribution in [3.05, 3.63) is 59.7 Å². The van der Waals surface area contributed by atoms with Crippen molar-refractivity contribution in [3.8, 4) is 11.1 Å². The predicted molar refractivity (Wildman–Crippen MR) is 121 cm³/mol. The molecule has 1 amide bonds. The standard InChI is InChI=1S/C24H28F2N2O4S/c1-24(2,30)23(29)28-18-10-16(11-18)22(27-33(3,31)32)20(28)12-15-9-17(25)13-19(21(15)26)14-7-5-4-6-8-14/h4-9,13,16,18,20,22,27,30H,10-12H2,1-3H3. The number of nitrogens with zero attached hydrogens (tertiary/aromatic N) is 1. The SMILES string of the molecule is CC(C)(O)C(=O)N1C2CC(C2)C(NS(C)(=O)=O)C1Cc1cc(F)cc(-c2ccccc2)c1F. The first kappa shape index (κ1) is 23.8. The summed E-state index contributed by atoms with van der Waals surface area (Å²) in [6, 6.07) is 9.18. The summed E-state index contributed by atoms with van der Waals surface area (Å²) in [5, 5.41) is 10.4. The molecule has 0 radical (unpaired) electrons. The molecule has 5 rings (SSSR count). The van der Waals surface area contributed by atoms with Gasteiger partial charge in [-0.15, -0.1) is 0 Å². The van der Waals surface area contributed by atoms with Crippen LogP contribution >= 0.6 is 0 Å². The van der Waals surface area contributed by atoms with Crippen LogP contribution in [0.5, 0.6) is 0 Å². The Hall–Kier alpha value is -2.36. The van der Waals surface area contributed by atoms with Gasteiger partial charge in [0.05, 0.1) is 12.3 Å². The summed E-state index contributed by atoms with van der Waals surface area (Å²) < 4.78 is 56.9. The van der Waals surface area contributed by atoms with Gasteiger partial charge in [0.15, 0.2) is 0 Å². The van der Waals surface area contributed by atoms with Crippen LogP contribution in [0.1, 0.15) is 32.3 Å². The van der Waals surface area contributed by atoms with Crippen LogP contribution in [-0.4, -0.2) is 54.3 Å². The van der Waals surface area contributed by atoms with Gasteiger partial charge < -0.3 is 10.0 Å². The lowest BCUT2D eigenvalue weighted by Gasteiger charge is -2.58. The highest BCUT2D eigenvalue weighted by Gasteiger charge is 2.54. The Labute approximate surface area is 192 Å². The van der Waals surface area contributed by atoms with Crippen molar-refractivity contribution < 1.29 is 27.1 Å². The lowest BCUT2D eigenvalue weighted by Crippen LogP contribution is -2.72. The number of carbonyl (C=O) groups excluding carboxylic acids is 1. The molecule has 3 fully saturated rings. The molecule has 2 unspecified atom stereocenters. The number of aliphatic hydroxyl groups is 1. The molecule has 178 valence electrons. The van der Waals surface area contributed by atoms with E-state index in [1.54, 1.807) is 30.3 Å². The van der Waals surface area contributed by atoms with Gasteiger partial charge in [-0.3, -0.25) is 4.79 Å². The number of hydrogen-bond donors (Lipinski definition) is 2. The average molecular weight is 479 g/mol. The summed E-state index contributed by atoms with van der Waals surface area (Å²) in [5.74, 6) is -1.82. The Morgan fingerprint density at radius 2 is 1.82 bits per heavy atom. The molecule has 2 aliphatic heterocycles. The Balaban J connectivity index is 1.77. The zero-order valence-electron chi connectivity index (χ0n) is 18.8. The van der Waals surface area contributed by atoms with Crippen molar-refractivity contribution in [1.29, 1.82) is 0 Å². The Morgan fingerprint density at radius 3 is 2.39 bits per heavy atom. The van der Waals surface area contributed by atoms with Gasteiger partial charge in [0, 0.05) is 17.6 Å². The van der Waals surface area contributed by atoms with Gasteiger partial charge in [-0.25, -0.2) is 21.9 Å². The normalized spacial score (nSPS) is 25.0. The third-order valence-electron chi connectivity index (χ3n) is 6.56. The van der Waals surface area contributed by atoms with Crippen LogP contribution in [0, 0.1) is 17.6 Å². The number of piperidine rings is 2. The molecule has 1 aliphatic carbocycles. The summed E-state index contributed by atoms with van der Waals surface area (Å²) >= 11 is 0. The summed E-state index contributed by atoms with van der Waals surface area (Å²) in [5.41, 5.74) is -1.03. The van der Waals surface area contributed by atoms with Crippen molar-refractivity contribution in [2.24, 2.45) is 5.92 Å². The van der Waals surface area contributed by atoms with Gasteiger partial charge in [-0.05, 0) is 62.3 Å². The molecular formula is C24H28F2N2O4S. The van der Waals surface area contributed by atoms with E-state index in [2.05, 4.69) is 4.72 Å². The van der Waals surface area contributed by atoms with Gasteiger partial charge in [0.25, 0.3) is 5.91 Å². The molecule has 2 aromatic rings. The largest absolute Gasteiger partial charge is 0.381 e. The number of hydrogen-bond acceptors (Lipinski definition) is 4. The minimum absolute atomic E-state index is 0.0224. The van der Waals surface area contributed by atoms with E-state index >= 15 is 4.39 Å². The number of sulfonamides is 1. The smallest absolute Gasteiger partial charge is 0.254 e. The van der Waals surface area contributed by atoms with Crippen molar-refractivity contribution in [2.45, 2.75) is 56.8 Å². The van der Waals surface area contributed by atoms with Gasteiger partial charge >= 0.3 is 0 Å². The van der Waals surface area contributed by atoms with E-state index in [1.165, 1.54) is 18.7 Å². The van der Waals surface area contributed by atoms with Crippen molar-refractivity contribution in [1.82, 2.24) is 9.62 Å². The highest BCUT2D eigenvalue weighted by molar-refractivity contribution is 7.88. The fraction of sp³-hybridized carbons (Fsp3) is 0.458. The summed E-state index contributed by atoms with van der Waals surface area (Å²) in [4.78, 5) is 14.6. The number of rotatable bonds is 6. The Morgan fingerprint density at radius 1 is 1.18 bits per heavy atom. The topological polar surface area (TPSA) is 86.7 Å². The molecule has 2 atom stereocenters. The van der Waals surface area contributed by atoms with Crippen molar-refractivity contribution >= 4 is 15.9 Å². The maximum Gasteiger partial charge on any atom is 0.254 e. The molecule has 1 saturated carbocycles. The zero-order chi connectivity index (χ0) is 24.1. The van der Waals surface area contributed by atoms with Crippen LogP contribution in [0.2, 0.25) is 0 Å². The zero-order valence-corrected chi connectivity index (χ0v) is 19.6. The predicted octanol–water partition coefficient (Wildman–Crippen LogP) is 2.85. The van der Waals surface area contributed by atoms with E-state index in [0.717, 1.165) is 18.4 Å². The molecule has 33 heavy (non-hydrogen) atoms. The average Bonchev–Trinajstić information content (AvgIpc) is 2.68. The van der Waals surface area contributed by atoms with Crippen molar-refractivity contribution in [2.75, 3.05) is 6.26 Å². The van der Waals surface area contributed by atoms with Gasteiger partial charge in [-0.2, -0.15) is 0 Å². The molecule has 2 heterocycles. The fourth-order valence-corrected chi connectivity index (χ4v) is 5.88. The Bertz CT molecular complexity index is 1160. The lowest BCUT2D eigenvalue weighted by atomic mass is 9.66. The van der Waals surface area contributed by atoms with Gasteiger partial charge in [-0.1, -0.05) is 30.3 Å². The molecule has 2 N–H and O–H groups in total. The number of benzene rings is 2. The molecule has 2 saturated heterocycles. The molecular weight excluding hydrogens is 450 g/mol. The second kappa shape index (κ2) is 8.45. The van der Waals surface area contributed by atoms with Crippen LogP contribution in [0.4, 0.5) is 8.78 Å². The third-order valence-corrected chi connectivity index (χ3v) is 7.26. The van der Waals surface area contributed by atoms with E-state index in [0.29, 0.717) is 18.4 Å². The molecule has 6 nitrogen and oxygen atoms in total. The first-order chi connectivity index (χ1) is 15.3. The Kier molecular flexibility index (Phi) is 6.09. The van der Waals surface area contributed by atoms with E-state index in [9.17, 15) is 22.7 Å².